The van der Waals surface area contributed by atoms with Gasteiger partial charge in [0.25, 0.3) is 7.37 Å². The lowest BCUT2D eigenvalue weighted by Gasteiger charge is -2.08. The van der Waals surface area contributed by atoms with Gasteiger partial charge >= 0.3 is 0 Å². The van der Waals surface area contributed by atoms with Crippen LogP contribution in [0.1, 0.15) is 0 Å². The lowest BCUT2D eigenvalue weighted by atomic mass is 9.73. The lowest BCUT2D eigenvalue weighted by Crippen LogP contribution is -1.97. The van der Waals surface area contributed by atoms with Gasteiger partial charge in [0, 0.05) is 0 Å². The highest BCUT2D eigenvalue weighted by Gasteiger charge is 2.14. The summed E-state index contributed by atoms with van der Waals surface area (Å²) in [6.07, 6.45) is 0. The van der Waals surface area contributed by atoms with E-state index in [9.17, 15) is 0 Å². The average molecular weight is 114 g/mol. The molecule has 37 valence electrons. The third kappa shape index (κ3) is 6.52. The van der Waals surface area contributed by atoms with Crippen LogP contribution < -0.4 is 0 Å². The van der Waals surface area contributed by atoms with Crippen LogP contribution >= 0.6 is 7.49 Å². The molecule has 0 aromatic carbocycles. The van der Waals surface area contributed by atoms with E-state index < -0.39 is 7.49 Å². The van der Waals surface area contributed by atoms with Crippen molar-refractivity contribution in [3.8, 4) is 0 Å². The minimum atomic E-state index is -1.10. The fourth-order valence-electron chi connectivity index (χ4n) is 0.183. The molecular formula is C3H9B2OP+. The summed E-state index contributed by atoms with van der Waals surface area (Å²) in [5, 5.41) is 0. The molecule has 3 radical (unpaired) electrons. The third-order valence-electron chi connectivity index (χ3n) is 0.377. The summed E-state index contributed by atoms with van der Waals surface area (Å²) in [5.74, 6) is 0. The molecule has 0 saturated heterocycles. The van der Waals surface area contributed by atoms with E-state index in [1.54, 1.807) is 0 Å². The van der Waals surface area contributed by atoms with Gasteiger partial charge in [-0.2, -0.15) is 0 Å². The molecule has 0 aliphatic heterocycles. The van der Waals surface area contributed by atoms with Crippen molar-refractivity contribution in [3.63, 3.8) is 0 Å². The van der Waals surface area contributed by atoms with Gasteiger partial charge in [-0.1, -0.05) is 0 Å². The third-order valence-corrected chi connectivity index (χ3v) is 1.13. The van der Waals surface area contributed by atoms with Gasteiger partial charge in [0.1, 0.15) is 7.49 Å². The van der Waals surface area contributed by atoms with Gasteiger partial charge in [-0.15, -0.1) is 0 Å². The maximum Gasteiger partial charge on any atom is 0.295 e. The molecule has 0 N–H and O–H groups in total. The molecule has 0 aliphatic rings. The first-order valence-electron chi connectivity index (χ1n) is 2.09. The molecule has 0 bridgehead atoms. The van der Waals surface area contributed by atoms with Crippen molar-refractivity contribution in [2.24, 2.45) is 0 Å². The smallest absolute Gasteiger partial charge is 0.295 e. The van der Waals surface area contributed by atoms with Crippen LogP contribution in [0.2, 0.25) is 0 Å². The Morgan fingerprint density at radius 2 is 1.86 bits per heavy atom. The van der Waals surface area contributed by atoms with Crippen LogP contribution in [0, 0.1) is 0 Å². The zero-order valence-corrected chi connectivity index (χ0v) is 5.90. The molecule has 4 heteroatoms. The molecule has 0 aromatic heterocycles. The quantitative estimate of drug-likeness (QED) is 0.375. The van der Waals surface area contributed by atoms with E-state index in [-0.39, 0.29) is 0 Å². The van der Waals surface area contributed by atoms with Crippen LogP contribution in [0.5, 0.6) is 0 Å². The normalized spacial score (nSPS) is 11.3. The van der Waals surface area contributed by atoms with Crippen LogP contribution in [0.3, 0.4) is 0 Å². The highest BCUT2D eigenvalue weighted by atomic mass is 31.2. The zero-order chi connectivity index (χ0) is 5.91. The first kappa shape index (κ1) is 7.52. The van der Waals surface area contributed by atoms with E-state index in [4.69, 9.17) is 12.2 Å². The van der Waals surface area contributed by atoms with Crippen molar-refractivity contribution >= 4 is 22.6 Å². The Bertz CT molecular complexity index is 51.4. The maximum atomic E-state index is 5.00. The molecule has 0 amide bonds. The predicted octanol–water partition coefficient (Wildman–Crippen LogP) is 0.528. The van der Waals surface area contributed by atoms with E-state index in [1.807, 2.05) is 0 Å². The van der Waals surface area contributed by atoms with Crippen molar-refractivity contribution in [2.45, 2.75) is 0 Å². The highest BCUT2D eigenvalue weighted by molar-refractivity contribution is 7.70. The van der Waals surface area contributed by atoms with Crippen molar-refractivity contribution in [3.05, 3.63) is 0 Å². The molecule has 0 aromatic rings. The van der Waals surface area contributed by atoms with Crippen molar-refractivity contribution in [2.75, 3.05) is 20.0 Å². The Labute approximate surface area is 47.9 Å². The van der Waals surface area contributed by atoms with Crippen molar-refractivity contribution < 1.29 is 4.44 Å². The summed E-state index contributed by atoms with van der Waals surface area (Å²) >= 11 is 0. The summed E-state index contributed by atoms with van der Waals surface area (Å²) < 4.78 is 4.99. The van der Waals surface area contributed by atoms with Gasteiger partial charge in [-0.3, -0.25) is 0 Å². The number of hydrogen-bond acceptors (Lipinski definition) is 1. The van der Waals surface area contributed by atoms with Gasteiger partial charge in [-0.05, 0) is 0 Å². The zero-order valence-electron chi connectivity index (χ0n) is 5.01. The summed E-state index contributed by atoms with van der Waals surface area (Å²) in [5.41, 5.74) is 0. The van der Waals surface area contributed by atoms with Gasteiger partial charge in [-0.25, -0.2) is 0 Å². The standard InChI is InChI=1S/C3H9B2OP/c1-7(2,3)6-5-4/h1-3H3/q+1. The molecule has 0 aliphatic carbocycles. The first-order valence-corrected chi connectivity index (χ1v) is 5.14. The molecule has 7 heavy (non-hydrogen) atoms. The van der Waals surface area contributed by atoms with Gasteiger partial charge in [0.2, 0.25) is 0 Å². The molecular weight excluding hydrogens is 105 g/mol. The monoisotopic (exact) mass is 114 g/mol. The van der Waals surface area contributed by atoms with Crippen LogP contribution in [0.15, 0.2) is 0 Å². The molecule has 0 rings (SSSR count). The van der Waals surface area contributed by atoms with E-state index in [0.29, 0.717) is 0 Å². The number of rotatable bonds is 2. The molecule has 0 unspecified atom stereocenters. The van der Waals surface area contributed by atoms with Crippen molar-refractivity contribution in [1.82, 2.24) is 0 Å². The summed E-state index contributed by atoms with van der Waals surface area (Å²) in [6, 6.07) is 0. The SMILES string of the molecule is [B][B]O[P+](C)(C)C. The Morgan fingerprint density at radius 1 is 1.43 bits per heavy atom. The molecule has 0 spiro atoms. The minimum absolute atomic E-state index is 1.10. The fraction of sp³-hybridized carbons (Fsp3) is 1.00. The lowest BCUT2D eigenvalue weighted by molar-refractivity contribution is 0.673. The van der Waals surface area contributed by atoms with E-state index in [0.717, 1.165) is 0 Å². The van der Waals surface area contributed by atoms with E-state index in [1.165, 1.54) is 7.37 Å². The van der Waals surface area contributed by atoms with Gasteiger partial charge in [0.15, 0.2) is 0 Å². The summed E-state index contributed by atoms with van der Waals surface area (Å²) in [7, 11) is 5.16. The Balaban J connectivity index is 3.15. The maximum absolute atomic E-state index is 5.00. The molecule has 0 heterocycles. The largest absolute Gasteiger partial charge is 0.319 e. The highest BCUT2D eigenvalue weighted by Crippen LogP contribution is 2.46. The second-order valence-corrected chi connectivity index (χ2v) is 6.12. The number of hydrogen-bond donors (Lipinski definition) is 0. The van der Waals surface area contributed by atoms with E-state index >= 15 is 0 Å². The second kappa shape index (κ2) is 2.74. The van der Waals surface area contributed by atoms with Crippen LogP contribution in [-0.2, 0) is 4.44 Å². The summed E-state index contributed by atoms with van der Waals surface area (Å²) in [6.45, 7) is 6.16. The molecule has 0 fully saturated rings. The first-order chi connectivity index (χ1) is 3.06. The second-order valence-electron chi connectivity index (χ2n) is 2.13. The average Bonchev–Trinajstić information content (AvgIpc) is 1.30. The topological polar surface area (TPSA) is 9.23 Å². The Morgan fingerprint density at radius 3 is 1.86 bits per heavy atom. The minimum Gasteiger partial charge on any atom is -0.319 e. The van der Waals surface area contributed by atoms with Crippen LogP contribution in [0.4, 0.5) is 0 Å². The predicted molar refractivity (Wildman–Crippen MR) is 37.3 cm³/mol. The molecule has 0 saturated carbocycles. The molecule has 1 nitrogen and oxygen atoms in total. The van der Waals surface area contributed by atoms with Crippen LogP contribution in [-0.4, -0.2) is 35.1 Å². The van der Waals surface area contributed by atoms with Gasteiger partial charge < -0.3 is 4.44 Å². The van der Waals surface area contributed by atoms with Gasteiger partial charge in [0.05, 0.1) is 27.7 Å². The Hall–Kier alpha value is 0.520. The molecule has 0 atom stereocenters. The summed E-state index contributed by atoms with van der Waals surface area (Å²) in [4.78, 5) is 0. The van der Waals surface area contributed by atoms with Crippen molar-refractivity contribution in [1.29, 1.82) is 0 Å². The van der Waals surface area contributed by atoms with E-state index in [2.05, 4.69) is 20.0 Å². The van der Waals surface area contributed by atoms with Crippen LogP contribution in [0.25, 0.3) is 0 Å². The Kier molecular flexibility index (Phi) is 2.94. The fourth-order valence-corrected chi connectivity index (χ4v) is 0.548.